The number of rotatable bonds is 3. The average Bonchev–Trinajstić information content (AvgIpc) is 2.94. The summed E-state index contributed by atoms with van der Waals surface area (Å²) in [4.78, 5) is 27.9. The van der Waals surface area contributed by atoms with Gasteiger partial charge < -0.3 is 9.61 Å². The van der Waals surface area contributed by atoms with Gasteiger partial charge >= 0.3 is 0 Å². The zero-order valence-corrected chi connectivity index (χ0v) is 12.0. The Balaban J connectivity index is 1.58. The van der Waals surface area contributed by atoms with E-state index in [1.807, 2.05) is 24.4 Å². The maximum Gasteiger partial charge on any atom is 0.275 e. The van der Waals surface area contributed by atoms with E-state index in [4.69, 9.17) is 0 Å². The highest BCUT2D eigenvalue weighted by Crippen LogP contribution is 2.04. The van der Waals surface area contributed by atoms with Gasteiger partial charge in [0.25, 0.3) is 5.91 Å². The van der Waals surface area contributed by atoms with Crippen molar-refractivity contribution in [1.29, 1.82) is 0 Å². The van der Waals surface area contributed by atoms with Gasteiger partial charge in [0.15, 0.2) is 12.4 Å². The average molecular weight is 311 g/mol. The number of aromatic nitrogens is 3. The first-order valence-electron chi connectivity index (χ1n) is 6.82. The highest BCUT2D eigenvalue weighted by Gasteiger charge is 2.11. The van der Waals surface area contributed by atoms with Gasteiger partial charge in [-0.05, 0) is 18.2 Å². The number of amides is 2. The molecule has 0 aliphatic rings. The van der Waals surface area contributed by atoms with Crippen LogP contribution < -0.4 is 15.6 Å². The lowest BCUT2D eigenvalue weighted by atomic mass is 10.3. The van der Waals surface area contributed by atoms with E-state index in [-0.39, 0.29) is 12.0 Å². The van der Waals surface area contributed by atoms with E-state index < -0.39 is 11.8 Å². The van der Waals surface area contributed by atoms with Crippen LogP contribution >= 0.6 is 0 Å². The van der Waals surface area contributed by atoms with Gasteiger partial charge in [-0.1, -0.05) is 6.07 Å². The molecule has 0 aliphatic heterocycles. The lowest BCUT2D eigenvalue weighted by Gasteiger charge is -2.06. The molecule has 23 heavy (non-hydrogen) atoms. The van der Waals surface area contributed by atoms with E-state index in [2.05, 4.69) is 15.8 Å². The minimum absolute atomic E-state index is 0.0261. The number of hydrazine groups is 1. The summed E-state index contributed by atoms with van der Waals surface area (Å²) in [7, 11) is 0. The Morgan fingerprint density at radius 3 is 2.87 bits per heavy atom. The highest BCUT2D eigenvalue weighted by atomic mass is 16.5. The molecule has 116 valence electrons. The van der Waals surface area contributed by atoms with Crippen LogP contribution in [0, 0.1) is 5.21 Å². The quantitative estimate of drug-likeness (QED) is 0.403. The molecular weight excluding hydrogens is 298 g/mol. The molecule has 8 nitrogen and oxygen atoms in total. The van der Waals surface area contributed by atoms with E-state index in [9.17, 15) is 14.8 Å². The zero-order chi connectivity index (χ0) is 16.2. The molecule has 2 amide bonds. The van der Waals surface area contributed by atoms with Crippen LogP contribution in [-0.2, 0) is 11.2 Å². The van der Waals surface area contributed by atoms with Gasteiger partial charge in [-0.25, -0.2) is 4.98 Å². The molecule has 0 fully saturated rings. The Morgan fingerprint density at radius 2 is 2.09 bits per heavy atom. The van der Waals surface area contributed by atoms with Crippen LogP contribution in [0.3, 0.4) is 0 Å². The number of carbonyl (C=O) groups excluding carboxylic acids is 2. The van der Waals surface area contributed by atoms with Crippen LogP contribution in [0.25, 0.3) is 5.65 Å². The van der Waals surface area contributed by atoms with Crippen LogP contribution in [0.5, 0.6) is 0 Å². The van der Waals surface area contributed by atoms with Gasteiger partial charge in [0.2, 0.25) is 5.91 Å². The van der Waals surface area contributed by atoms with Gasteiger partial charge in [-0.3, -0.25) is 20.4 Å². The Labute approximate surface area is 130 Å². The van der Waals surface area contributed by atoms with Crippen molar-refractivity contribution >= 4 is 17.5 Å². The first kappa shape index (κ1) is 14.5. The first-order valence-corrected chi connectivity index (χ1v) is 6.82. The van der Waals surface area contributed by atoms with Crippen molar-refractivity contribution in [2.75, 3.05) is 0 Å². The van der Waals surface area contributed by atoms with Gasteiger partial charge in [0, 0.05) is 18.5 Å². The third kappa shape index (κ3) is 3.43. The van der Waals surface area contributed by atoms with Gasteiger partial charge in [-0.15, -0.1) is 0 Å². The molecule has 0 aromatic carbocycles. The van der Waals surface area contributed by atoms with Crippen molar-refractivity contribution in [1.82, 2.24) is 20.2 Å². The predicted octanol–water partition coefficient (Wildman–Crippen LogP) is -0.0286. The van der Waals surface area contributed by atoms with Gasteiger partial charge in [0.05, 0.1) is 12.1 Å². The molecule has 2 N–H and O–H groups in total. The number of nitrogens with one attached hydrogen (secondary N) is 2. The number of nitrogens with zero attached hydrogens (tertiary/aromatic N) is 3. The summed E-state index contributed by atoms with van der Waals surface area (Å²) in [5.74, 6) is -0.980. The number of imidazole rings is 1. The molecule has 0 saturated carbocycles. The molecule has 8 heteroatoms. The molecule has 3 aromatic heterocycles. The predicted molar refractivity (Wildman–Crippen MR) is 79.9 cm³/mol. The first-order chi connectivity index (χ1) is 11.1. The molecule has 0 bridgehead atoms. The molecule has 3 aromatic rings. The van der Waals surface area contributed by atoms with Crippen LogP contribution in [0.15, 0.2) is 55.1 Å². The fraction of sp³-hybridized carbons (Fsp3) is 0.0667. The van der Waals surface area contributed by atoms with Crippen molar-refractivity contribution in [2.24, 2.45) is 0 Å². The van der Waals surface area contributed by atoms with Crippen molar-refractivity contribution in [3.05, 3.63) is 71.6 Å². The second kappa shape index (κ2) is 6.14. The van der Waals surface area contributed by atoms with Crippen LogP contribution in [-0.4, -0.2) is 21.2 Å². The fourth-order valence-electron chi connectivity index (χ4n) is 2.07. The Bertz CT molecular complexity index is 841. The third-order valence-electron chi connectivity index (χ3n) is 3.11. The number of carbonyl (C=O) groups is 2. The third-order valence-corrected chi connectivity index (χ3v) is 3.11. The van der Waals surface area contributed by atoms with Crippen molar-refractivity contribution in [3.8, 4) is 0 Å². The van der Waals surface area contributed by atoms with Crippen molar-refractivity contribution in [3.63, 3.8) is 0 Å². The summed E-state index contributed by atoms with van der Waals surface area (Å²) in [5, 5.41) is 11.1. The molecular formula is C15H13N5O3. The maximum absolute atomic E-state index is 11.8. The van der Waals surface area contributed by atoms with Crippen LogP contribution in [0.2, 0.25) is 0 Å². The zero-order valence-electron chi connectivity index (χ0n) is 12.0. The molecule has 0 aliphatic carbocycles. The Hall–Kier alpha value is -3.42. The maximum atomic E-state index is 11.8. The molecule has 0 saturated heterocycles. The number of hydrogen-bond acceptors (Lipinski definition) is 4. The molecule has 0 unspecified atom stereocenters. The summed E-state index contributed by atoms with van der Waals surface area (Å²) >= 11 is 0. The van der Waals surface area contributed by atoms with E-state index in [0.717, 1.165) is 11.8 Å². The smallest absolute Gasteiger partial charge is 0.275 e. The summed E-state index contributed by atoms with van der Waals surface area (Å²) in [6, 6.07) is 8.46. The normalized spacial score (nSPS) is 10.4. The number of pyridine rings is 2. The Kier molecular flexibility index (Phi) is 3.88. The summed E-state index contributed by atoms with van der Waals surface area (Å²) in [6.07, 6.45) is 5.98. The lowest BCUT2D eigenvalue weighted by Crippen LogP contribution is -2.43. The van der Waals surface area contributed by atoms with E-state index in [1.165, 1.54) is 18.3 Å². The topological polar surface area (TPSA) is 102 Å². The van der Waals surface area contributed by atoms with E-state index >= 15 is 0 Å². The molecule has 3 rings (SSSR count). The number of fused-ring (bicyclic) bond motifs is 1. The SMILES string of the molecule is O=C(Cc1cn2ccccc2n1)NNC(=O)c1ccc[n+]([O-])c1. The summed E-state index contributed by atoms with van der Waals surface area (Å²) in [5.41, 5.74) is 6.02. The summed E-state index contributed by atoms with van der Waals surface area (Å²) in [6.45, 7) is 0. The number of hydrogen-bond donors (Lipinski definition) is 2. The van der Waals surface area contributed by atoms with Gasteiger partial charge in [-0.2, -0.15) is 4.73 Å². The minimum atomic E-state index is -0.571. The highest BCUT2D eigenvalue weighted by molar-refractivity contribution is 5.94. The van der Waals surface area contributed by atoms with Crippen molar-refractivity contribution in [2.45, 2.75) is 6.42 Å². The van der Waals surface area contributed by atoms with Crippen LogP contribution in [0.1, 0.15) is 16.1 Å². The van der Waals surface area contributed by atoms with E-state index in [1.54, 1.807) is 10.6 Å². The summed E-state index contributed by atoms with van der Waals surface area (Å²) < 4.78 is 2.31. The standard InChI is InChI=1S/C15H13N5O3/c21-14(8-12-10-19-6-2-1-5-13(19)16-12)17-18-15(22)11-4-3-7-20(23)9-11/h1-7,9-10H,8H2,(H,17,21)(H,18,22). The second-order valence-electron chi connectivity index (χ2n) is 4.83. The molecule has 0 radical (unpaired) electrons. The molecule has 0 atom stereocenters. The van der Waals surface area contributed by atoms with Crippen LogP contribution in [0.4, 0.5) is 0 Å². The molecule has 3 heterocycles. The Morgan fingerprint density at radius 1 is 1.22 bits per heavy atom. The fourth-order valence-corrected chi connectivity index (χ4v) is 2.07. The van der Waals surface area contributed by atoms with Crippen molar-refractivity contribution < 1.29 is 14.3 Å². The van der Waals surface area contributed by atoms with Gasteiger partial charge in [0.1, 0.15) is 11.2 Å². The molecule has 0 spiro atoms. The lowest BCUT2D eigenvalue weighted by molar-refractivity contribution is -0.605. The monoisotopic (exact) mass is 311 g/mol. The second-order valence-corrected chi connectivity index (χ2v) is 4.83. The van der Waals surface area contributed by atoms with E-state index in [0.29, 0.717) is 10.4 Å². The minimum Gasteiger partial charge on any atom is -0.619 e. The largest absolute Gasteiger partial charge is 0.619 e.